The van der Waals surface area contributed by atoms with Crippen LogP contribution in [-0.2, 0) is 11.3 Å². The number of halogens is 2. The number of hydrogen-bond donors (Lipinski definition) is 1. The quantitative estimate of drug-likeness (QED) is 0.594. The second-order valence-corrected chi connectivity index (χ2v) is 8.93. The number of carbonyl (C=O) groups excluding carboxylic acids is 1. The monoisotopic (exact) mass is 401 g/mol. The molecule has 0 spiro atoms. The Kier molecular flexibility index (Phi) is 5.48. The van der Waals surface area contributed by atoms with Gasteiger partial charge in [0.1, 0.15) is 11.6 Å². The summed E-state index contributed by atoms with van der Waals surface area (Å²) < 4.78 is 15.8. The number of nitrogens with zero attached hydrogens (tertiary/aromatic N) is 2. The van der Waals surface area contributed by atoms with Crippen LogP contribution in [0.3, 0.4) is 0 Å². The van der Waals surface area contributed by atoms with Crippen LogP contribution >= 0.6 is 11.6 Å². The minimum atomic E-state index is -0.352. The normalized spacial score (nSPS) is 11.8. The lowest BCUT2D eigenvalue weighted by atomic mass is 9.92. The van der Waals surface area contributed by atoms with Crippen LogP contribution in [0.15, 0.2) is 30.3 Å². The first kappa shape index (κ1) is 20.3. The highest BCUT2D eigenvalue weighted by Gasteiger charge is 2.18. The molecule has 1 aromatic carbocycles. The SMILES string of the molecule is Cc1cc2c(cc(C)n2Cc2cc(F)cc(Cl)c2)nc1NC(=O)CC(C)(C)C. The molecule has 0 unspecified atom stereocenters. The Morgan fingerprint density at radius 2 is 1.89 bits per heavy atom. The van der Waals surface area contributed by atoms with Gasteiger partial charge in [0.05, 0.1) is 11.0 Å². The highest BCUT2D eigenvalue weighted by molar-refractivity contribution is 6.30. The Bertz CT molecular complexity index is 1030. The van der Waals surface area contributed by atoms with Crippen molar-refractivity contribution in [3.8, 4) is 0 Å². The van der Waals surface area contributed by atoms with Crippen LogP contribution in [0.2, 0.25) is 5.02 Å². The van der Waals surface area contributed by atoms with E-state index in [-0.39, 0.29) is 17.1 Å². The van der Waals surface area contributed by atoms with Gasteiger partial charge in [-0.15, -0.1) is 0 Å². The van der Waals surface area contributed by atoms with Gasteiger partial charge in [-0.25, -0.2) is 9.37 Å². The summed E-state index contributed by atoms with van der Waals surface area (Å²) in [6, 6.07) is 8.51. The second kappa shape index (κ2) is 7.55. The molecule has 3 aromatic rings. The number of hydrogen-bond acceptors (Lipinski definition) is 2. The molecule has 0 aliphatic carbocycles. The van der Waals surface area contributed by atoms with Gasteiger partial charge in [-0.3, -0.25) is 4.79 Å². The molecule has 6 heteroatoms. The van der Waals surface area contributed by atoms with E-state index >= 15 is 0 Å². The van der Waals surface area contributed by atoms with Crippen molar-refractivity contribution in [2.75, 3.05) is 5.32 Å². The molecule has 0 atom stereocenters. The summed E-state index contributed by atoms with van der Waals surface area (Å²) in [7, 11) is 0. The summed E-state index contributed by atoms with van der Waals surface area (Å²) >= 11 is 5.99. The molecular formula is C22H25ClFN3O. The minimum absolute atomic E-state index is 0.0481. The number of carbonyl (C=O) groups is 1. The van der Waals surface area contributed by atoms with Crippen LogP contribution in [0.4, 0.5) is 10.2 Å². The molecule has 1 N–H and O–H groups in total. The Hall–Kier alpha value is -2.40. The van der Waals surface area contributed by atoms with E-state index in [1.54, 1.807) is 6.07 Å². The van der Waals surface area contributed by atoms with Gasteiger partial charge in [0.2, 0.25) is 5.91 Å². The number of anilines is 1. The number of nitrogens with one attached hydrogen (secondary N) is 1. The van der Waals surface area contributed by atoms with E-state index < -0.39 is 0 Å². The summed E-state index contributed by atoms with van der Waals surface area (Å²) in [6.45, 7) is 10.5. The van der Waals surface area contributed by atoms with Gasteiger partial charge >= 0.3 is 0 Å². The molecule has 2 heterocycles. The van der Waals surface area contributed by atoms with Crippen molar-refractivity contribution in [3.05, 3.63) is 58.0 Å². The van der Waals surface area contributed by atoms with Gasteiger partial charge in [0, 0.05) is 23.7 Å². The van der Waals surface area contributed by atoms with Gasteiger partial charge in [-0.2, -0.15) is 0 Å². The van der Waals surface area contributed by atoms with E-state index in [2.05, 4.69) is 14.9 Å². The Labute approximate surface area is 169 Å². The maximum Gasteiger partial charge on any atom is 0.226 e. The zero-order valence-electron chi connectivity index (χ0n) is 16.9. The molecule has 0 fully saturated rings. The Morgan fingerprint density at radius 1 is 1.18 bits per heavy atom. The van der Waals surface area contributed by atoms with Gasteiger partial charge in [-0.05, 0) is 60.7 Å². The van der Waals surface area contributed by atoms with Crippen molar-refractivity contribution in [1.82, 2.24) is 9.55 Å². The van der Waals surface area contributed by atoms with Crippen molar-refractivity contribution in [2.24, 2.45) is 5.41 Å². The maximum absolute atomic E-state index is 13.7. The number of amides is 1. The zero-order chi connectivity index (χ0) is 20.6. The van der Waals surface area contributed by atoms with Gasteiger partial charge in [0.15, 0.2) is 0 Å². The van der Waals surface area contributed by atoms with E-state index in [0.29, 0.717) is 23.8 Å². The molecule has 2 aromatic heterocycles. The molecule has 1 amide bonds. The fourth-order valence-corrected chi connectivity index (χ4v) is 3.52. The van der Waals surface area contributed by atoms with Gasteiger partial charge < -0.3 is 9.88 Å². The Morgan fingerprint density at radius 3 is 2.54 bits per heavy atom. The summed E-state index contributed by atoms with van der Waals surface area (Å²) in [4.78, 5) is 16.9. The first-order chi connectivity index (χ1) is 13.0. The number of aryl methyl sites for hydroxylation is 2. The number of aromatic nitrogens is 2. The maximum atomic E-state index is 13.7. The van der Waals surface area contributed by atoms with Gasteiger partial charge in [-0.1, -0.05) is 32.4 Å². The van der Waals surface area contributed by atoms with Crippen LogP contribution in [0.5, 0.6) is 0 Å². The molecule has 3 rings (SSSR count). The number of benzene rings is 1. The predicted molar refractivity (Wildman–Crippen MR) is 112 cm³/mol. The fourth-order valence-electron chi connectivity index (χ4n) is 3.28. The van der Waals surface area contributed by atoms with E-state index in [4.69, 9.17) is 11.6 Å². The van der Waals surface area contributed by atoms with E-state index in [0.717, 1.165) is 27.9 Å². The molecule has 148 valence electrons. The number of rotatable bonds is 4. The summed E-state index contributed by atoms with van der Waals surface area (Å²) in [5.74, 6) is 0.176. The highest BCUT2D eigenvalue weighted by atomic mass is 35.5. The van der Waals surface area contributed by atoms with Crippen molar-refractivity contribution in [2.45, 2.75) is 47.6 Å². The van der Waals surface area contributed by atoms with E-state index in [9.17, 15) is 9.18 Å². The zero-order valence-corrected chi connectivity index (χ0v) is 17.6. The average molecular weight is 402 g/mol. The first-order valence-corrected chi connectivity index (χ1v) is 9.62. The van der Waals surface area contributed by atoms with Crippen molar-refractivity contribution >= 4 is 34.4 Å². The molecule has 0 saturated heterocycles. The lowest BCUT2D eigenvalue weighted by molar-refractivity contribution is -0.117. The third kappa shape index (κ3) is 4.71. The predicted octanol–water partition coefficient (Wildman–Crippen LogP) is 5.87. The van der Waals surface area contributed by atoms with Crippen molar-refractivity contribution < 1.29 is 9.18 Å². The molecular weight excluding hydrogens is 377 g/mol. The summed E-state index contributed by atoms with van der Waals surface area (Å²) in [5, 5.41) is 3.30. The average Bonchev–Trinajstić information content (AvgIpc) is 2.80. The molecule has 0 aliphatic heterocycles. The molecule has 0 radical (unpaired) electrons. The van der Waals surface area contributed by atoms with Crippen LogP contribution in [-0.4, -0.2) is 15.5 Å². The third-order valence-corrected chi connectivity index (χ3v) is 4.71. The Balaban J connectivity index is 1.93. The smallest absolute Gasteiger partial charge is 0.226 e. The lowest BCUT2D eigenvalue weighted by Gasteiger charge is -2.17. The third-order valence-electron chi connectivity index (χ3n) is 4.50. The largest absolute Gasteiger partial charge is 0.339 e. The topological polar surface area (TPSA) is 46.9 Å². The molecule has 0 saturated carbocycles. The van der Waals surface area contributed by atoms with Crippen molar-refractivity contribution in [1.29, 1.82) is 0 Å². The number of fused-ring (bicyclic) bond motifs is 1. The van der Waals surface area contributed by atoms with Crippen LogP contribution < -0.4 is 5.32 Å². The standard InChI is InChI=1S/C22H25ClFN3O/c1-13-6-19-18(25-21(13)26-20(28)11-22(3,4)5)7-14(2)27(19)12-15-8-16(23)10-17(24)9-15/h6-10H,11-12H2,1-5H3,(H,25,26,28). The second-order valence-electron chi connectivity index (χ2n) is 8.49. The molecule has 4 nitrogen and oxygen atoms in total. The van der Waals surface area contributed by atoms with Crippen molar-refractivity contribution in [3.63, 3.8) is 0 Å². The summed E-state index contributed by atoms with van der Waals surface area (Å²) in [5.41, 5.74) is 4.30. The van der Waals surface area contributed by atoms with E-state index in [1.807, 2.05) is 46.8 Å². The minimum Gasteiger partial charge on any atom is -0.339 e. The van der Waals surface area contributed by atoms with Crippen LogP contribution in [0.25, 0.3) is 11.0 Å². The van der Waals surface area contributed by atoms with Gasteiger partial charge in [0.25, 0.3) is 0 Å². The van der Waals surface area contributed by atoms with E-state index in [1.165, 1.54) is 12.1 Å². The lowest BCUT2D eigenvalue weighted by Crippen LogP contribution is -2.20. The number of pyridine rings is 1. The van der Waals surface area contributed by atoms with Crippen LogP contribution in [0.1, 0.15) is 44.0 Å². The molecule has 28 heavy (non-hydrogen) atoms. The fraction of sp³-hybridized carbons (Fsp3) is 0.364. The highest BCUT2D eigenvalue weighted by Crippen LogP contribution is 2.26. The molecule has 0 aliphatic rings. The molecule has 0 bridgehead atoms. The summed E-state index contributed by atoms with van der Waals surface area (Å²) in [6.07, 6.45) is 0.423. The van der Waals surface area contributed by atoms with Crippen LogP contribution in [0, 0.1) is 25.1 Å². The first-order valence-electron chi connectivity index (χ1n) is 9.24.